The molecule has 0 bridgehead atoms. The molecule has 0 saturated heterocycles. The van der Waals surface area contributed by atoms with Crippen LogP contribution in [0.3, 0.4) is 0 Å². The number of aliphatic carboxylic acids is 1. The molecule has 7 nitrogen and oxygen atoms in total. The van der Waals surface area contributed by atoms with Gasteiger partial charge in [-0.05, 0) is 49.7 Å². The second kappa shape index (κ2) is 11.2. The highest BCUT2D eigenvalue weighted by atomic mass is 35.5. The molecule has 0 aliphatic heterocycles. The third kappa shape index (κ3) is 6.02. The van der Waals surface area contributed by atoms with Crippen molar-refractivity contribution in [2.75, 3.05) is 0 Å². The van der Waals surface area contributed by atoms with E-state index in [-0.39, 0.29) is 18.8 Å². The van der Waals surface area contributed by atoms with Gasteiger partial charge in [0, 0.05) is 45.4 Å². The SMILES string of the molecule is CC(C)(C)C(=O)c1c(CC(C)(C)C(=O)O)n(Cc2ccc(Cl)cc2)c2ncc(OCc3ccc4ccccc4n3)cc12. The number of halogens is 1. The molecule has 3 aromatic heterocycles. The molecule has 5 aromatic rings. The largest absolute Gasteiger partial charge is 0.486 e. The van der Waals surface area contributed by atoms with Crippen molar-refractivity contribution in [3.05, 3.63) is 100 Å². The summed E-state index contributed by atoms with van der Waals surface area (Å²) in [6.45, 7) is 9.55. The van der Waals surface area contributed by atoms with Crippen LogP contribution in [-0.4, -0.2) is 31.4 Å². The molecule has 0 aliphatic carbocycles. The molecule has 8 heteroatoms. The molecule has 0 amide bonds. The summed E-state index contributed by atoms with van der Waals surface area (Å²) in [5.74, 6) is -0.540. The number of Topliss-reactive ketones (excluding diaryl/α,β-unsaturated/α-hetero) is 1. The Morgan fingerprint density at radius 1 is 0.976 bits per heavy atom. The number of fused-ring (bicyclic) bond motifs is 2. The lowest BCUT2D eigenvalue weighted by Crippen LogP contribution is -2.29. The number of ether oxygens (including phenoxy) is 1. The number of hydrogen-bond donors (Lipinski definition) is 1. The molecule has 0 unspecified atom stereocenters. The first kappa shape index (κ1) is 29.3. The fourth-order valence-corrected chi connectivity index (χ4v) is 5.06. The van der Waals surface area contributed by atoms with Gasteiger partial charge in [-0.2, -0.15) is 0 Å². The molecule has 3 heterocycles. The Balaban J connectivity index is 1.63. The van der Waals surface area contributed by atoms with Crippen molar-refractivity contribution >= 4 is 45.3 Å². The van der Waals surface area contributed by atoms with E-state index in [1.807, 2.05) is 92.1 Å². The minimum Gasteiger partial charge on any atom is -0.486 e. The molecule has 0 saturated carbocycles. The summed E-state index contributed by atoms with van der Waals surface area (Å²) < 4.78 is 8.09. The van der Waals surface area contributed by atoms with E-state index < -0.39 is 16.8 Å². The maximum absolute atomic E-state index is 14.0. The van der Waals surface area contributed by atoms with Gasteiger partial charge in [0.05, 0.1) is 22.8 Å². The summed E-state index contributed by atoms with van der Waals surface area (Å²) >= 11 is 6.13. The lowest BCUT2D eigenvalue weighted by molar-refractivity contribution is -0.146. The number of para-hydroxylation sites is 1. The van der Waals surface area contributed by atoms with Crippen molar-refractivity contribution in [3.8, 4) is 5.75 Å². The van der Waals surface area contributed by atoms with E-state index in [1.165, 1.54) is 0 Å². The number of carbonyl (C=O) groups is 2. The van der Waals surface area contributed by atoms with Gasteiger partial charge in [-0.1, -0.05) is 68.8 Å². The van der Waals surface area contributed by atoms with E-state index in [0.717, 1.165) is 22.2 Å². The highest BCUT2D eigenvalue weighted by Crippen LogP contribution is 2.37. The second-order valence-corrected chi connectivity index (χ2v) is 12.7. The summed E-state index contributed by atoms with van der Waals surface area (Å²) in [5.41, 5.74) is 2.46. The number of carboxylic acid groups (broad SMARTS) is 1. The molecule has 42 heavy (non-hydrogen) atoms. The number of ketones is 1. The zero-order valence-electron chi connectivity index (χ0n) is 24.4. The molecule has 2 aromatic carbocycles. The van der Waals surface area contributed by atoms with Gasteiger partial charge in [-0.3, -0.25) is 9.59 Å². The number of benzene rings is 2. The monoisotopic (exact) mass is 583 g/mol. The van der Waals surface area contributed by atoms with Crippen molar-refractivity contribution in [1.29, 1.82) is 0 Å². The van der Waals surface area contributed by atoms with Crippen molar-refractivity contribution < 1.29 is 19.4 Å². The van der Waals surface area contributed by atoms with Gasteiger partial charge in [0.1, 0.15) is 18.0 Å². The van der Waals surface area contributed by atoms with Crippen LogP contribution in [0.4, 0.5) is 0 Å². The van der Waals surface area contributed by atoms with Crippen LogP contribution in [0.1, 0.15) is 61.9 Å². The quantitative estimate of drug-likeness (QED) is 0.178. The van der Waals surface area contributed by atoms with Gasteiger partial charge in [-0.15, -0.1) is 0 Å². The van der Waals surface area contributed by atoms with Gasteiger partial charge < -0.3 is 14.4 Å². The zero-order valence-corrected chi connectivity index (χ0v) is 25.2. The van der Waals surface area contributed by atoms with E-state index in [1.54, 1.807) is 20.0 Å². The minimum absolute atomic E-state index is 0.0892. The highest BCUT2D eigenvalue weighted by Gasteiger charge is 2.36. The smallest absolute Gasteiger partial charge is 0.309 e. The van der Waals surface area contributed by atoms with Crippen LogP contribution in [0.2, 0.25) is 5.02 Å². The molecule has 0 aliphatic rings. The molecular formula is C34H34ClN3O4. The molecule has 5 rings (SSSR count). The fraction of sp³-hybridized carbons (Fsp3) is 0.294. The highest BCUT2D eigenvalue weighted by molar-refractivity contribution is 6.30. The lowest BCUT2D eigenvalue weighted by Gasteiger charge is -2.23. The van der Waals surface area contributed by atoms with Crippen LogP contribution in [0, 0.1) is 10.8 Å². The van der Waals surface area contributed by atoms with Crippen molar-refractivity contribution in [3.63, 3.8) is 0 Å². The first-order valence-corrected chi connectivity index (χ1v) is 14.2. The number of carboxylic acids is 1. The number of nitrogens with zero attached hydrogens (tertiary/aromatic N) is 3. The average molecular weight is 584 g/mol. The fourth-order valence-electron chi connectivity index (χ4n) is 4.93. The predicted octanol–water partition coefficient (Wildman–Crippen LogP) is 7.75. The molecule has 1 N–H and O–H groups in total. The topological polar surface area (TPSA) is 94.3 Å². The Labute approximate surface area is 250 Å². The molecule has 0 spiro atoms. The van der Waals surface area contributed by atoms with Gasteiger partial charge in [0.15, 0.2) is 5.78 Å². The first-order valence-electron chi connectivity index (χ1n) is 13.8. The molecule has 0 radical (unpaired) electrons. The minimum atomic E-state index is -1.12. The van der Waals surface area contributed by atoms with Gasteiger partial charge >= 0.3 is 5.97 Å². The Kier molecular flexibility index (Phi) is 7.82. The van der Waals surface area contributed by atoms with Crippen molar-refractivity contribution in [2.45, 2.75) is 54.2 Å². The normalized spacial score (nSPS) is 12.1. The standard InChI is InChI=1S/C34H34ClN3O4/c1-33(2,3)30(39)29-26-16-25(42-20-24-15-12-22-8-6-7-9-27(22)37-24)18-36-31(26)38(19-21-10-13-23(35)14-11-21)28(29)17-34(4,5)32(40)41/h6-16,18H,17,19-20H2,1-5H3,(H,40,41). The first-order chi connectivity index (χ1) is 19.8. The Morgan fingerprint density at radius 2 is 1.69 bits per heavy atom. The maximum atomic E-state index is 14.0. The van der Waals surface area contributed by atoms with Crippen LogP contribution in [-0.2, 0) is 24.4 Å². The van der Waals surface area contributed by atoms with Gasteiger partial charge in [0.25, 0.3) is 0 Å². The molecular weight excluding hydrogens is 550 g/mol. The van der Waals surface area contributed by atoms with E-state index in [0.29, 0.717) is 39.6 Å². The van der Waals surface area contributed by atoms with Gasteiger partial charge in [0.2, 0.25) is 0 Å². The molecule has 0 fully saturated rings. The van der Waals surface area contributed by atoms with Gasteiger partial charge in [-0.25, -0.2) is 9.97 Å². The van der Waals surface area contributed by atoms with Crippen LogP contribution >= 0.6 is 11.6 Å². The number of carbonyl (C=O) groups excluding carboxylic acids is 1. The van der Waals surface area contributed by atoms with E-state index in [9.17, 15) is 14.7 Å². The van der Waals surface area contributed by atoms with E-state index in [2.05, 4.69) is 0 Å². The van der Waals surface area contributed by atoms with Crippen LogP contribution in [0.25, 0.3) is 21.9 Å². The third-order valence-electron chi connectivity index (χ3n) is 7.37. The number of hydrogen-bond acceptors (Lipinski definition) is 5. The average Bonchev–Trinajstić information content (AvgIpc) is 3.23. The number of aromatic nitrogens is 3. The predicted molar refractivity (Wildman–Crippen MR) is 165 cm³/mol. The van der Waals surface area contributed by atoms with Crippen molar-refractivity contribution in [2.24, 2.45) is 10.8 Å². The maximum Gasteiger partial charge on any atom is 0.309 e. The Hall–Kier alpha value is -4.23. The molecule has 216 valence electrons. The number of rotatable bonds is 9. The summed E-state index contributed by atoms with van der Waals surface area (Å²) in [6, 6.07) is 21.1. The number of pyridine rings is 2. The van der Waals surface area contributed by atoms with Crippen LogP contribution in [0.15, 0.2) is 72.9 Å². The summed E-state index contributed by atoms with van der Waals surface area (Å²) in [6.07, 6.45) is 1.78. The Morgan fingerprint density at radius 3 is 2.38 bits per heavy atom. The van der Waals surface area contributed by atoms with Crippen LogP contribution in [0.5, 0.6) is 5.75 Å². The van der Waals surface area contributed by atoms with Crippen molar-refractivity contribution in [1.82, 2.24) is 14.5 Å². The second-order valence-electron chi connectivity index (χ2n) is 12.3. The van der Waals surface area contributed by atoms with E-state index in [4.69, 9.17) is 26.3 Å². The van der Waals surface area contributed by atoms with E-state index >= 15 is 0 Å². The third-order valence-corrected chi connectivity index (χ3v) is 7.63. The summed E-state index contributed by atoms with van der Waals surface area (Å²) in [5, 5.41) is 12.3. The van der Waals surface area contributed by atoms with Crippen LogP contribution < -0.4 is 4.74 Å². The lowest BCUT2D eigenvalue weighted by atomic mass is 9.81. The molecule has 0 atom stereocenters. The summed E-state index contributed by atoms with van der Waals surface area (Å²) in [7, 11) is 0. The Bertz CT molecular complexity index is 1800. The summed E-state index contributed by atoms with van der Waals surface area (Å²) in [4.78, 5) is 35.7. The zero-order chi connectivity index (χ0) is 30.2.